The van der Waals surface area contributed by atoms with Crippen LogP contribution in [0.3, 0.4) is 0 Å². The van der Waals surface area contributed by atoms with Gasteiger partial charge in [-0.05, 0) is 38.0 Å². The largest absolute Gasteiger partial charge is 0.496 e. The van der Waals surface area contributed by atoms with E-state index in [1.165, 1.54) is 11.1 Å². The molecule has 1 fully saturated rings. The van der Waals surface area contributed by atoms with Crippen molar-refractivity contribution in [1.82, 2.24) is 5.32 Å². The number of hydrogen-bond donors (Lipinski definition) is 1. The van der Waals surface area contributed by atoms with Crippen LogP contribution in [0.1, 0.15) is 30.9 Å². The molecule has 1 atom stereocenters. The first-order valence-corrected chi connectivity index (χ1v) is 5.44. The highest BCUT2D eigenvalue weighted by Crippen LogP contribution is 2.36. The van der Waals surface area contributed by atoms with Crippen LogP contribution < -0.4 is 10.1 Å². The van der Waals surface area contributed by atoms with Gasteiger partial charge in [-0.15, -0.1) is 0 Å². The molecule has 1 unspecified atom stereocenters. The van der Waals surface area contributed by atoms with Gasteiger partial charge in [0.05, 0.1) is 7.11 Å². The first-order valence-electron chi connectivity index (χ1n) is 5.44. The third-order valence-corrected chi connectivity index (χ3v) is 3.45. The van der Waals surface area contributed by atoms with E-state index in [1.807, 2.05) is 0 Å². The summed E-state index contributed by atoms with van der Waals surface area (Å²) < 4.78 is 5.27. The van der Waals surface area contributed by atoms with Crippen LogP contribution in [0, 0.1) is 6.92 Å². The highest BCUT2D eigenvalue weighted by Gasteiger charge is 2.38. The minimum Gasteiger partial charge on any atom is -0.496 e. The van der Waals surface area contributed by atoms with Crippen molar-refractivity contribution in [1.29, 1.82) is 0 Å². The van der Waals surface area contributed by atoms with E-state index in [0.717, 1.165) is 12.3 Å². The average Bonchev–Trinajstić information content (AvgIpc) is 2.17. The molecule has 0 saturated carbocycles. The second kappa shape index (κ2) is 3.53. The molecule has 2 rings (SSSR count). The lowest BCUT2D eigenvalue weighted by molar-refractivity contribution is 0.208. The van der Waals surface area contributed by atoms with Crippen molar-refractivity contribution in [3.63, 3.8) is 0 Å². The summed E-state index contributed by atoms with van der Waals surface area (Å²) in [5.41, 5.74) is 2.87. The highest BCUT2D eigenvalue weighted by molar-refractivity contribution is 5.39. The predicted octanol–water partition coefficient (Wildman–Crippen LogP) is 2.47. The Morgan fingerprint density at radius 2 is 2.13 bits per heavy atom. The number of hydrogen-bond acceptors (Lipinski definition) is 2. The molecule has 0 aromatic heterocycles. The molecular formula is C13H19NO. The number of rotatable bonds is 2. The van der Waals surface area contributed by atoms with Gasteiger partial charge in [0.1, 0.15) is 5.75 Å². The first-order chi connectivity index (χ1) is 7.04. The maximum absolute atomic E-state index is 5.27. The molecule has 1 N–H and O–H groups in total. The van der Waals surface area contributed by atoms with Crippen molar-refractivity contribution in [3.8, 4) is 5.75 Å². The van der Waals surface area contributed by atoms with Crippen LogP contribution in [0.5, 0.6) is 5.75 Å². The van der Waals surface area contributed by atoms with Crippen LogP contribution in [0.4, 0.5) is 0 Å². The lowest BCUT2D eigenvalue weighted by atomic mass is 9.75. The zero-order valence-electron chi connectivity index (χ0n) is 9.92. The third-order valence-electron chi connectivity index (χ3n) is 3.45. The van der Waals surface area contributed by atoms with Crippen LogP contribution in [0.15, 0.2) is 18.2 Å². The zero-order valence-corrected chi connectivity index (χ0v) is 9.92. The van der Waals surface area contributed by atoms with E-state index >= 15 is 0 Å². The Hall–Kier alpha value is -1.02. The van der Waals surface area contributed by atoms with Crippen LogP contribution in [0.2, 0.25) is 0 Å². The van der Waals surface area contributed by atoms with E-state index in [2.05, 4.69) is 44.3 Å². The molecule has 1 aromatic carbocycles. The maximum Gasteiger partial charge on any atom is 0.121 e. The Morgan fingerprint density at radius 3 is 2.53 bits per heavy atom. The Balaban J connectivity index is 2.27. The summed E-state index contributed by atoms with van der Waals surface area (Å²) in [6.45, 7) is 7.68. The van der Waals surface area contributed by atoms with E-state index in [1.54, 1.807) is 7.11 Å². The molecule has 0 radical (unpaired) electrons. The van der Waals surface area contributed by atoms with Gasteiger partial charge in [0.25, 0.3) is 0 Å². The fourth-order valence-corrected chi connectivity index (χ4v) is 2.27. The van der Waals surface area contributed by atoms with Crippen molar-refractivity contribution in [2.45, 2.75) is 32.2 Å². The van der Waals surface area contributed by atoms with Gasteiger partial charge < -0.3 is 10.1 Å². The molecule has 2 nitrogen and oxygen atoms in total. The van der Waals surface area contributed by atoms with E-state index < -0.39 is 0 Å². The van der Waals surface area contributed by atoms with Gasteiger partial charge in [0.15, 0.2) is 0 Å². The Labute approximate surface area is 91.6 Å². The molecule has 1 aliphatic heterocycles. The summed E-state index contributed by atoms with van der Waals surface area (Å²) in [7, 11) is 1.72. The summed E-state index contributed by atoms with van der Waals surface area (Å²) in [5, 5.41) is 3.45. The highest BCUT2D eigenvalue weighted by atomic mass is 16.5. The molecule has 82 valence electrons. The van der Waals surface area contributed by atoms with Gasteiger partial charge in [0, 0.05) is 18.0 Å². The van der Waals surface area contributed by atoms with Crippen LogP contribution in [-0.4, -0.2) is 19.2 Å². The van der Waals surface area contributed by atoms with Gasteiger partial charge in [-0.3, -0.25) is 0 Å². The summed E-state index contributed by atoms with van der Waals surface area (Å²) in [6.07, 6.45) is 0. The summed E-state index contributed by atoms with van der Waals surface area (Å²) in [4.78, 5) is 0. The van der Waals surface area contributed by atoms with E-state index in [-0.39, 0.29) is 5.54 Å². The lowest BCUT2D eigenvalue weighted by Gasteiger charge is -2.46. The SMILES string of the molecule is COc1ccc(C2CNC2(C)C)cc1C. The number of benzene rings is 1. The number of methoxy groups -OCH3 is 1. The third kappa shape index (κ3) is 1.74. The molecule has 1 saturated heterocycles. The second-order valence-corrected chi connectivity index (χ2v) is 4.88. The Morgan fingerprint density at radius 1 is 1.40 bits per heavy atom. The fourth-order valence-electron chi connectivity index (χ4n) is 2.27. The lowest BCUT2D eigenvalue weighted by Crippen LogP contribution is -2.59. The van der Waals surface area contributed by atoms with Crippen LogP contribution in [0.25, 0.3) is 0 Å². The molecule has 1 aliphatic rings. The molecule has 1 heterocycles. The summed E-state index contributed by atoms with van der Waals surface area (Å²) in [5.74, 6) is 1.60. The molecule has 0 spiro atoms. The quantitative estimate of drug-likeness (QED) is 0.801. The van der Waals surface area contributed by atoms with E-state index in [0.29, 0.717) is 5.92 Å². The smallest absolute Gasteiger partial charge is 0.121 e. The molecule has 0 bridgehead atoms. The molecule has 1 aromatic rings. The minimum atomic E-state index is 0.237. The van der Waals surface area contributed by atoms with Gasteiger partial charge in [-0.1, -0.05) is 12.1 Å². The molecular weight excluding hydrogens is 186 g/mol. The number of aryl methyl sites for hydroxylation is 1. The van der Waals surface area contributed by atoms with E-state index in [9.17, 15) is 0 Å². The van der Waals surface area contributed by atoms with Crippen LogP contribution >= 0.6 is 0 Å². The Kier molecular flexibility index (Phi) is 2.47. The summed E-state index contributed by atoms with van der Waals surface area (Å²) >= 11 is 0. The first kappa shape index (κ1) is 10.5. The zero-order chi connectivity index (χ0) is 11.1. The van der Waals surface area contributed by atoms with Gasteiger partial charge >= 0.3 is 0 Å². The van der Waals surface area contributed by atoms with Crippen molar-refractivity contribution < 1.29 is 4.74 Å². The standard InChI is InChI=1S/C13H19NO/c1-9-7-10(5-6-12(9)15-4)11-8-14-13(11,2)3/h5-7,11,14H,8H2,1-4H3. The van der Waals surface area contributed by atoms with Crippen LogP contribution in [-0.2, 0) is 0 Å². The van der Waals surface area contributed by atoms with Gasteiger partial charge in [-0.25, -0.2) is 0 Å². The summed E-state index contributed by atoms with van der Waals surface area (Å²) in [6, 6.07) is 6.49. The van der Waals surface area contributed by atoms with Gasteiger partial charge in [0.2, 0.25) is 0 Å². The monoisotopic (exact) mass is 205 g/mol. The van der Waals surface area contributed by atoms with Crippen molar-refractivity contribution in [2.24, 2.45) is 0 Å². The molecule has 0 amide bonds. The fraction of sp³-hybridized carbons (Fsp3) is 0.538. The molecule has 0 aliphatic carbocycles. The van der Waals surface area contributed by atoms with Crippen molar-refractivity contribution in [2.75, 3.05) is 13.7 Å². The normalized spacial score (nSPS) is 23.3. The number of nitrogens with one attached hydrogen (secondary N) is 1. The van der Waals surface area contributed by atoms with Crippen molar-refractivity contribution in [3.05, 3.63) is 29.3 Å². The van der Waals surface area contributed by atoms with E-state index in [4.69, 9.17) is 4.74 Å². The topological polar surface area (TPSA) is 21.3 Å². The predicted molar refractivity (Wildman–Crippen MR) is 62.6 cm³/mol. The Bertz CT molecular complexity index is 371. The van der Waals surface area contributed by atoms with Crippen molar-refractivity contribution >= 4 is 0 Å². The molecule has 15 heavy (non-hydrogen) atoms. The maximum atomic E-state index is 5.27. The molecule has 2 heteroatoms. The minimum absolute atomic E-state index is 0.237. The second-order valence-electron chi connectivity index (χ2n) is 4.88. The number of ether oxygens (including phenoxy) is 1. The average molecular weight is 205 g/mol. The van der Waals surface area contributed by atoms with Gasteiger partial charge in [-0.2, -0.15) is 0 Å².